The highest BCUT2D eigenvalue weighted by Gasteiger charge is 2.48. The van der Waals surface area contributed by atoms with E-state index in [4.69, 9.17) is 14.4 Å². The second-order valence-electron chi connectivity index (χ2n) is 5.08. The van der Waals surface area contributed by atoms with Crippen molar-refractivity contribution < 1.29 is 19.2 Å². The molecule has 0 aromatic carbocycles. The number of carboxylic acid groups (broad SMARTS) is 1. The Kier molecular flexibility index (Phi) is 3.27. The molecule has 6 nitrogen and oxygen atoms in total. The maximum Gasteiger partial charge on any atom is 0.407 e. The Morgan fingerprint density at radius 1 is 1.72 bits per heavy atom. The van der Waals surface area contributed by atoms with Gasteiger partial charge in [-0.1, -0.05) is 13.8 Å². The normalized spacial score (nSPS) is 21.6. The first kappa shape index (κ1) is 13.2. The van der Waals surface area contributed by atoms with Crippen molar-refractivity contribution in [3.63, 3.8) is 0 Å². The number of hydrogen-bond donors (Lipinski definition) is 1. The lowest BCUT2D eigenvalue weighted by Crippen LogP contribution is -2.65. The van der Waals surface area contributed by atoms with Crippen LogP contribution in [-0.2, 0) is 0 Å². The van der Waals surface area contributed by atoms with Gasteiger partial charge >= 0.3 is 6.09 Å². The van der Waals surface area contributed by atoms with E-state index < -0.39 is 6.09 Å². The fraction of sp³-hybridized carbons (Fsp3) is 0.636. The highest BCUT2D eigenvalue weighted by molar-refractivity contribution is 9.10. The molecular weight excluding hydrogens is 304 g/mol. The first-order valence-corrected chi connectivity index (χ1v) is 6.36. The van der Waals surface area contributed by atoms with Gasteiger partial charge in [0.1, 0.15) is 11.1 Å². The van der Waals surface area contributed by atoms with Gasteiger partial charge in [0, 0.05) is 12.0 Å². The van der Waals surface area contributed by atoms with E-state index in [1.807, 2.05) is 13.8 Å². The largest absolute Gasteiger partial charge is 0.472 e. The Labute approximate surface area is 113 Å². The molecular formula is C11H15BrN2O4. The molecule has 1 fully saturated rings. The van der Waals surface area contributed by atoms with E-state index in [-0.39, 0.29) is 18.1 Å². The molecule has 0 bridgehead atoms. The van der Waals surface area contributed by atoms with Crippen molar-refractivity contribution in [2.75, 3.05) is 13.2 Å². The fourth-order valence-corrected chi connectivity index (χ4v) is 2.33. The molecule has 0 saturated carbocycles. The average molecular weight is 319 g/mol. The highest BCUT2D eigenvalue weighted by atomic mass is 79.9. The van der Waals surface area contributed by atoms with Crippen LogP contribution in [0.5, 0.6) is 5.88 Å². The van der Waals surface area contributed by atoms with Crippen molar-refractivity contribution in [1.82, 2.24) is 10.1 Å². The Hall–Kier alpha value is -1.24. The van der Waals surface area contributed by atoms with Gasteiger partial charge < -0.3 is 19.3 Å². The summed E-state index contributed by atoms with van der Waals surface area (Å²) in [5.41, 5.74) is -0.0797. The number of aryl methyl sites for hydroxylation is 1. The van der Waals surface area contributed by atoms with Crippen LogP contribution in [0.2, 0.25) is 0 Å². The van der Waals surface area contributed by atoms with Crippen LogP contribution in [0.1, 0.15) is 19.6 Å². The topological polar surface area (TPSA) is 75.8 Å². The molecule has 1 saturated heterocycles. The van der Waals surface area contributed by atoms with Gasteiger partial charge in [0.2, 0.25) is 0 Å². The summed E-state index contributed by atoms with van der Waals surface area (Å²) in [7, 11) is 0. The summed E-state index contributed by atoms with van der Waals surface area (Å²) in [5.74, 6) is 0.994. The third-order valence-corrected chi connectivity index (χ3v) is 4.14. The smallest absolute Gasteiger partial charge is 0.407 e. The minimum absolute atomic E-state index is 0.0797. The molecule has 0 spiro atoms. The summed E-state index contributed by atoms with van der Waals surface area (Å²) < 4.78 is 11.1. The number of likely N-dealkylation sites (tertiary alicyclic amines) is 1. The summed E-state index contributed by atoms with van der Waals surface area (Å²) >= 11 is 3.30. The molecule has 1 aliphatic rings. The van der Waals surface area contributed by atoms with Crippen LogP contribution in [0.15, 0.2) is 9.00 Å². The van der Waals surface area contributed by atoms with E-state index in [2.05, 4.69) is 21.1 Å². The Bertz CT molecular complexity index is 472. The Morgan fingerprint density at radius 2 is 2.39 bits per heavy atom. The van der Waals surface area contributed by atoms with Crippen LogP contribution >= 0.6 is 15.9 Å². The number of halogens is 1. The van der Waals surface area contributed by atoms with Crippen molar-refractivity contribution in [2.45, 2.75) is 26.8 Å². The molecule has 1 aromatic heterocycles. The van der Waals surface area contributed by atoms with Crippen molar-refractivity contribution in [1.29, 1.82) is 0 Å². The molecule has 1 aromatic rings. The lowest BCUT2D eigenvalue weighted by molar-refractivity contribution is -0.0538. The van der Waals surface area contributed by atoms with Gasteiger partial charge in [0.05, 0.1) is 6.04 Å². The summed E-state index contributed by atoms with van der Waals surface area (Å²) in [6.07, 6.45) is -0.918. The first-order valence-electron chi connectivity index (χ1n) is 5.57. The number of carbonyl (C=O) groups is 1. The minimum Gasteiger partial charge on any atom is -0.472 e. The van der Waals surface area contributed by atoms with Crippen LogP contribution < -0.4 is 4.74 Å². The molecule has 7 heteroatoms. The molecule has 0 aliphatic carbocycles. The zero-order valence-electron chi connectivity index (χ0n) is 10.4. The lowest BCUT2D eigenvalue weighted by Gasteiger charge is -2.52. The molecule has 2 rings (SSSR count). The van der Waals surface area contributed by atoms with E-state index in [1.165, 1.54) is 4.90 Å². The molecule has 2 heterocycles. The summed E-state index contributed by atoms with van der Waals surface area (Å²) in [5, 5.41) is 12.8. The summed E-state index contributed by atoms with van der Waals surface area (Å²) in [6, 6.07) is -0.168. The fourth-order valence-electron chi connectivity index (χ4n) is 2.07. The van der Waals surface area contributed by atoms with Crippen LogP contribution in [0.25, 0.3) is 0 Å². The van der Waals surface area contributed by atoms with Gasteiger partial charge in [0.25, 0.3) is 5.88 Å². The van der Waals surface area contributed by atoms with E-state index in [0.717, 1.165) is 0 Å². The molecule has 1 aliphatic heterocycles. The molecule has 0 unspecified atom stereocenters. The quantitative estimate of drug-likeness (QED) is 0.926. The van der Waals surface area contributed by atoms with Crippen LogP contribution in [-0.4, -0.2) is 40.4 Å². The Balaban J connectivity index is 2.01. The van der Waals surface area contributed by atoms with Crippen LogP contribution in [0.3, 0.4) is 0 Å². The van der Waals surface area contributed by atoms with Crippen LogP contribution in [0, 0.1) is 12.3 Å². The third kappa shape index (κ3) is 2.19. The number of ether oxygens (including phenoxy) is 1. The standard InChI is InChI=1S/C11H15BrN2O4/c1-6-8(12)9(13-18-6)17-4-7-11(2,3)5-14(7)10(15)16/h7H,4-5H2,1-3H3,(H,15,16)/t7-/m1/s1. The second-order valence-corrected chi connectivity index (χ2v) is 5.88. The Morgan fingerprint density at radius 3 is 2.83 bits per heavy atom. The molecule has 1 amide bonds. The zero-order valence-corrected chi connectivity index (χ0v) is 12.0. The number of hydrogen-bond acceptors (Lipinski definition) is 4. The van der Waals surface area contributed by atoms with Gasteiger partial charge in [-0.05, 0) is 28.0 Å². The van der Waals surface area contributed by atoms with Gasteiger partial charge in [-0.15, -0.1) is 0 Å². The predicted molar refractivity (Wildman–Crippen MR) is 66.7 cm³/mol. The van der Waals surface area contributed by atoms with Crippen LogP contribution in [0.4, 0.5) is 4.79 Å². The van der Waals surface area contributed by atoms with Crippen molar-refractivity contribution in [3.05, 3.63) is 10.2 Å². The number of rotatable bonds is 3. The zero-order chi connectivity index (χ0) is 13.5. The summed E-state index contributed by atoms with van der Waals surface area (Å²) in [6.45, 7) is 6.59. The molecule has 1 atom stereocenters. The SMILES string of the molecule is Cc1onc(OC[C@H]2N(C(=O)O)CC2(C)C)c1Br. The van der Waals surface area contributed by atoms with Gasteiger partial charge in [-0.25, -0.2) is 4.79 Å². The van der Waals surface area contributed by atoms with Crippen molar-refractivity contribution in [2.24, 2.45) is 5.41 Å². The second kappa shape index (κ2) is 4.46. The van der Waals surface area contributed by atoms with Gasteiger partial charge in [0.15, 0.2) is 5.76 Å². The molecule has 0 radical (unpaired) electrons. The minimum atomic E-state index is -0.918. The number of nitrogens with zero attached hydrogens (tertiary/aromatic N) is 2. The van der Waals surface area contributed by atoms with Crippen molar-refractivity contribution >= 4 is 22.0 Å². The molecule has 1 N–H and O–H groups in total. The van der Waals surface area contributed by atoms with E-state index in [0.29, 0.717) is 22.7 Å². The number of aromatic nitrogens is 1. The third-order valence-electron chi connectivity index (χ3n) is 3.24. The lowest BCUT2D eigenvalue weighted by atomic mass is 9.75. The van der Waals surface area contributed by atoms with E-state index >= 15 is 0 Å². The first-order chi connectivity index (χ1) is 8.33. The summed E-state index contributed by atoms with van der Waals surface area (Å²) in [4.78, 5) is 12.4. The number of amides is 1. The van der Waals surface area contributed by atoms with E-state index in [1.54, 1.807) is 6.92 Å². The maximum absolute atomic E-state index is 11.0. The van der Waals surface area contributed by atoms with Gasteiger partial charge in [-0.3, -0.25) is 0 Å². The molecule has 18 heavy (non-hydrogen) atoms. The highest BCUT2D eigenvalue weighted by Crippen LogP contribution is 2.37. The monoisotopic (exact) mass is 318 g/mol. The molecule has 100 valence electrons. The maximum atomic E-state index is 11.0. The van der Waals surface area contributed by atoms with E-state index in [9.17, 15) is 4.79 Å². The van der Waals surface area contributed by atoms with Gasteiger partial charge in [-0.2, -0.15) is 0 Å². The predicted octanol–water partition coefficient (Wildman–Crippen LogP) is 2.51. The van der Waals surface area contributed by atoms with Crippen molar-refractivity contribution in [3.8, 4) is 5.88 Å². The average Bonchev–Trinajstić information content (AvgIpc) is 2.58.